The molecular weight excluding hydrogens is 300 g/mol. The Kier molecular flexibility index (Phi) is 5.35. The third-order valence-corrected chi connectivity index (χ3v) is 2.65. The van der Waals surface area contributed by atoms with Gasteiger partial charge in [0, 0.05) is 18.1 Å². The number of hydrogen-bond donors (Lipinski definition) is 2. The number of carbonyl (C=O) groups is 3. The zero-order valence-corrected chi connectivity index (χ0v) is 12.3. The van der Waals surface area contributed by atoms with Gasteiger partial charge in [-0.1, -0.05) is 0 Å². The van der Waals surface area contributed by atoms with Crippen molar-refractivity contribution in [1.29, 1.82) is 0 Å². The zero-order chi connectivity index (χ0) is 16.7. The van der Waals surface area contributed by atoms with Crippen molar-refractivity contribution in [3.63, 3.8) is 0 Å². The summed E-state index contributed by atoms with van der Waals surface area (Å²) in [5.74, 6) is -2.19. The van der Waals surface area contributed by atoms with Gasteiger partial charge in [-0.05, 0) is 37.3 Å². The average molecular weight is 314 g/mol. The molecule has 1 aromatic heterocycles. The highest BCUT2D eigenvalue weighted by atomic mass is 16.5. The summed E-state index contributed by atoms with van der Waals surface area (Å²) in [5.41, 5.74) is 0.721. The number of carbonyl (C=O) groups excluding carboxylic acids is 3. The van der Waals surface area contributed by atoms with E-state index in [-0.39, 0.29) is 12.6 Å². The maximum Gasteiger partial charge on any atom is 0.338 e. The molecule has 0 atom stereocenters. The Morgan fingerprint density at radius 3 is 2.22 bits per heavy atom. The summed E-state index contributed by atoms with van der Waals surface area (Å²) in [6.07, 6.45) is 2.88. The van der Waals surface area contributed by atoms with Gasteiger partial charge < -0.3 is 10.1 Å². The van der Waals surface area contributed by atoms with E-state index in [1.165, 1.54) is 36.7 Å². The Morgan fingerprint density at radius 1 is 1.00 bits per heavy atom. The molecule has 2 rings (SSSR count). The predicted octanol–water partition coefficient (Wildman–Crippen LogP) is 1.23. The smallest absolute Gasteiger partial charge is 0.338 e. The van der Waals surface area contributed by atoms with E-state index in [2.05, 4.69) is 20.6 Å². The number of esters is 1. The number of aromatic nitrogens is 2. The molecule has 0 saturated carbocycles. The molecule has 0 radical (unpaired) electrons. The van der Waals surface area contributed by atoms with Crippen LogP contribution in [0.4, 0.5) is 11.6 Å². The summed E-state index contributed by atoms with van der Waals surface area (Å²) >= 11 is 0. The van der Waals surface area contributed by atoms with E-state index in [1.54, 1.807) is 13.0 Å². The van der Waals surface area contributed by atoms with Gasteiger partial charge in [0.1, 0.15) is 0 Å². The van der Waals surface area contributed by atoms with Gasteiger partial charge in [0.15, 0.2) is 0 Å². The number of hydrogen-bond acceptors (Lipinski definition) is 6. The number of benzene rings is 1. The van der Waals surface area contributed by atoms with Crippen LogP contribution in [0, 0.1) is 0 Å². The van der Waals surface area contributed by atoms with Crippen molar-refractivity contribution in [2.75, 3.05) is 17.2 Å². The van der Waals surface area contributed by atoms with E-state index in [0.29, 0.717) is 11.3 Å². The van der Waals surface area contributed by atoms with Crippen LogP contribution in [0.5, 0.6) is 0 Å². The molecule has 2 amide bonds. The molecule has 118 valence electrons. The van der Waals surface area contributed by atoms with E-state index < -0.39 is 17.8 Å². The molecule has 0 unspecified atom stereocenters. The predicted molar refractivity (Wildman–Crippen MR) is 81.7 cm³/mol. The van der Waals surface area contributed by atoms with Crippen LogP contribution in [0.2, 0.25) is 0 Å². The van der Waals surface area contributed by atoms with Crippen molar-refractivity contribution >= 4 is 29.4 Å². The molecule has 2 aromatic rings. The van der Waals surface area contributed by atoms with Crippen LogP contribution in [0.3, 0.4) is 0 Å². The van der Waals surface area contributed by atoms with Gasteiger partial charge in [0.25, 0.3) is 0 Å². The Morgan fingerprint density at radius 2 is 1.61 bits per heavy atom. The monoisotopic (exact) mass is 314 g/mol. The van der Waals surface area contributed by atoms with E-state index in [4.69, 9.17) is 4.74 Å². The van der Waals surface area contributed by atoms with Crippen molar-refractivity contribution in [2.45, 2.75) is 6.92 Å². The fourth-order valence-electron chi connectivity index (χ4n) is 1.61. The van der Waals surface area contributed by atoms with Crippen LogP contribution in [0.1, 0.15) is 17.3 Å². The molecule has 8 heteroatoms. The number of anilines is 2. The summed E-state index contributed by atoms with van der Waals surface area (Å²) < 4.78 is 4.85. The zero-order valence-electron chi connectivity index (χ0n) is 12.3. The van der Waals surface area contributed by atoms with Gasteiger partial charge >= 0.3 is 17.8 Å². The molecule has 0 spiro atoms. The first kappa shape index (κ1) is 16.1. The average Bonchev–Trinajstić information content (AvgIpc) is 2.56. The number of rotatable bonds is 4. The van der Waals surface area contributed by atoms with Crippen LogP contribution in [-0.4, -0.2) is 34.4 Å². The second kappa shape index (κ2) is 7.64. The second-order valence-corrected chi connectivity index (χ2v) is 4.28. The van der Waals surface area contributed by atoms with Gasteiger partial charge in [-0.2, -0.15) is 0 Å². The lowest BCUT2D eigenvalue weighted by Gasteiger charge is -2.06. The highest BCUT2D eigenvalue weighted by Crippen LogP contribution is 2.10. The summed E-state index contributed by atoms with van der Waals surface area (Å²) in [5, 5.41) is 4.66. The Balaban J connectivity index is 1.94. The lowest BCUT2D eigenvalue weighted by atomic mass is 10.2. The molecule has 23 heavy (non-hydrogen) atoms. The first-order valence-electron chi connectivity index (χ1n) is 6.76. The molecule has 0 aliphatic heterocycles. The summed E-state index contributed by atoms with van der Waals surface area (Å²) in [7, 11) is 0. The Bertz CT molecular complexity index is 701. The number of ether oxygens (including phenoxy) is 1. The maximum atomic E-state index is 11.8. The molecule has 2 N–H and O–H groups in total. The van der Waals surface area contributed by atoms with Crippen LogP contribution < -0.4 is 10.6 Å². The largest absolute Gasteiger partial charge is 0.462 e. The lowest BCUT2D eigenvalue weighted by Crippen LogP contribution is -2.29. The van der Waals surface area contributed by atoms with Gasteiger partial charge in [-0.15, -0.1) is 0 Å². The van der Waals surface area contributed by atoms with Crippen molar-refractivity contribution in [1.82, 2.24) is 9.97 Å². The van der Waals surface area contributed by atoms with Gasteiger partial charge in [-0.25, -0.2) is 14.8 Å². The minimum Gasteiger partial charge on any atom is -0.462 e. The van der Waals surface area contributed by atoms with E-state index in [0.717, 1.165) is 0 Å². The first-order valence-corrected chi connectivity index (χ1v) is 6.76. The molecule has 1 aromatic carbocycles. The topological polar surface area (TPSA) is 110 Å². The van der Waals surface area contributed by atoms with Gasteiger partial charge in [0.05, 0.1) is 12.2 Å². The fourth-order valence-corrected chi connectivity index (χ4v) is 1.61. The van der Waals surface area contributed by atoms with Crippen molar-refractivity contribution in [3.05, 3.63) is 48.3 Å². The highest BCUT2D eigenvalue weighted by Gasteiger charge is 2.15. The molecular formula is C15H14N4O4. The summed E-state index contributed by atoms with van der Waals surface area (Å²) in [4.78, 5) is 42.5. The third kappa shape index (κ3) is 4.60. The molecule has 0 aliphatic rings. The molecule has 0 fully saturated rings. The number of nitrogens with zero attached hydrogens (tertiary/aromatic N) is 2. The van der Waals surface area contributed by atoms with Crippen molar-refractivity contribution < 1.29 is 19.1 Å². The quantitative estimate of drug-likeness (QED) is 0.649. The van der Waals surface area contributed by atoms with E-state index >= 15 is 0 Å². The molecule has 0 saturated heterocycles. The van der Waals surface area contributed by atoms with Crippen LogP contribution >= 0.6 is 0 Å². The molecule has 0 bridgehead atoms. The minimum atomic E-state index is -0.898. The Hall–Kier alpha value is -3.29. The van der Waals surface area contributed by atoms with Crippen molar-refractivity contribution in [3.8, 4) is 0 Å². The minimum absolute atomic E-state index is 0.0327. The number of nitrogens with one attached hydrogen (secondary N) is 2. The third-order valence-electron chi connectivity index (χ3n) is 2.65. The molecule has 1 heterocycles. The summed E-state index contributed by atoms with van der Waals surface area (Å²) in [6.45, 7) is 1.99. The van der Waals surface area contributed by atoms with Gasteiger partial charge in [0.2, 0.25) is 5.95 Å². The van der Waals surface area contributed by atoms with Crippen LogP contribution in [0.15, 0.2) is 42.7 Å². The van der Waals surface area contributed by atoms with E-state index in [1.807, 2.05) is 0 Å². The molecule has 8 nitrogen and oxygen atoms in total. The van der Waals surface area contributed by atoms with Crippen LogP contribution in [-0.2, 0) is 14.3 Å². The molecule has 0 aliphatic carbocycles. The lowest BCUT2D eigenvalue weighted by molar-refractivity contribution is -0.133. The highest BCUT2D eigenvalue weighted by molar-refractivity contribution is 6.43. The summed E-state index contributed by atoms with van der Waals surface area (Å²) in [6, 6.07) is 7.56. The second-order valence-electron chi connectivity index (χ2n) is 4.28. The van der Waals surface area contributed by atoms with Crippen LogP contribution in [0.25, 0.3) is 0 Å². The fraction of sp³-hybridized carbons (Fsp3) is 0.133. The standard InChI is InChI=1S/C15H14N4O4/c1-2-23-14(22)10-4-6-11(7-5-10)18-12(20)13(21)19-15-16-8-3-9-17-15/h3-9H,2H2,1H3,(H,18,20)(H,16,17,19,21). The maximum absolute atomic E-state index is 11.8. The normalized spacial score (nSPS) is 9.78. The Labute approximate surface area is 131 Å². The first-order chi connectivity index (χ1) is 11.1. The van der Waals surface area contributed by atoms with Gasteiger partial charge in [-0.3, -0.25) is 14.9 Å². The van der Waals surface area contributed by atoms with Crippen molar-refractivity contribution in [2.24, 2.45) is 0 Å². The SMILES string of the molecule is CCOC(=O)c1ccc(NC(=O)C(=O)Nc2ncccn2)cc1. The van der Waals surface area contributed by atoms with E-state index in [9.17, 15) is 14.4 Å². The number of amides is 2.